The fourth-order valence-electron chi connectivity index (χ4n) is 5.30. The van der Waals surface area contributed by atoms with Gasteiger partial charge >= 0.3 is 0 Å². The van der Waals surface area contributed by atoms with Crippen LogP contribution < -0.4 is 0 Å². The molecule has 0 unspecified atom stereocenters. The van der Waals surface area contributed by atoms with Gasteiger partial charge in [-0.3, -0.25) is 24.0 Å². The Morgan fingerprint density at radius 2 is 1.83 bits per heavy atom. The molecule has 2 saturated carbocycles. The van der Waals surface area contributed by atoms with E-state index in [0.29, 0.717) is 13.0 Å². The smallest absolute Gasteiger partial charge is 0.243 e. The molecule has 29 heavy (non-hydrogen) atoms. The molecular weight excluding hydrogens is 368 g/mol. The van der Waals surface area contributed by atoms with Gasteiger partial charge in [-0.1, -0.05) is 20.8 Å². The molecule has 7 nitrogen and oxygen atoms in total. The zero-order valence-electron chi connectivity index (χ0n) is 18.4. The Labute approximate surface area is 172 Å². The lowest BCUT2D eigenvalue weighted by Gasteiger charge is -2.47. The normalized spacial score (nSPS) is 28.2. The van der Waals surface area contributed by atoms with Crippen molar-refractivity contribution < 1.29 is 14.4 Å². The van der Waals surface area contributed by atoms with Crippen LogP contribution in [0, 0.1) is 30.6 Å². The van der Waals surface area contributed by atoms with E-state index in [4.69, 9.17) is 0 Å². The number of fused-ring (bicyclic) bond motifs is 2. The van der Waals surface area contributed by atoms with Crippen LogP contribution in [0.1, 0.15) is 63.4 Å². The van der Waals surface area contributed by atoms with Crippen LogP contribution >= 0.6 is 0 Å². The van der Waals surface area contributed by atoms with Crippen molar-refractivity contribution in [3.05, 3.63) is 17.0 Å². The van der Waals surface area contributed by atoms with Crippen LogP contribution in [0.3, 0.4) is 0 Å². The molecule has 3 fully saturated rings. The van der Waals surface area contributed by atoms with Crippen molar-refractivity contribution in [3.63, 3.8) is 0 Å². The molecule has 158 valence electrons. The van der Waals surface area contributed by atoms with E-state index in [9.17, 15) is 14.4 Å². The van der Waals surface area contributed by atoms with Crippen LogP contribution in [0.15, 0.2) is 0 Å². The number of aryl methyl sites for hydroxylation is 2. The summed E-state index contributed by atoms with van der Waals surface area (Å²) in [6, 6.07) is 0.195. The first kappa shape index (κ1) is 20.1. The summed E-state index contributed by atoms with van der Waals surface area (Å²) in [5.41, 5.74) is 2.07. The first-order valence-electron chi connectivity index (χ1n) is 10.6. The maximum atomic E-state index is 13.3. The molecule has 0 aromatic carbocycles. The molecule has 1 aromatic rings. The van der Waals surface area contributed by atoms with E-state index < -0.39 is 5.41 Å². The molecule has 0 N–H and O–H groups in total. The van der Waals surface area contributed by atoms with Gasteiger partial charge in [-0.25, -0.2) is 0 Å². The fraction of sp³-hybridized carbons (Fsp3) is 0.727. The third-order valence-corrected chi connectivity index (χ3v) is 8.10. The molecule has 1 aliphatic heterocycles. The second kappa shape index (κ2) is 6.41. The average molecular weight is 401 g/mol. The molecule has 3 aliphatic rings. The monoisotopic (exact) mass is 400 g/mol. The standard InChI is InChI=1S/C22H32N4O3/c1-13-16(14(2)24(6)23-13)11-25(15-7-8-15)18(27)12-26-19(28)17-9-10-22(5,20(26)29)21(17,3)4/h15,17H,7-12H2,1-6H3/t17-,22+/m0/s1. The molecule has 2 aliphatic carbocycles. The molecular formula is C22H32N4O3. The van der Waals surface area contributed by atoms with E-state index in [1.165, 1.54) is 4.90 Å². The first-order chi connectivity index (χ1) is 13.5. The highest BCUT2D eigenvalue weighted by molar-refractivity contribution is 6.06. The minimum atomic E-state index is -0.577. The number of nitrogens with zero attached hydrogens (tertiary/aromatic N) is 4. The van der Waals surface area contributed by atoms with E-state index in [-0.39, 0.29) is 41.6 Å². The van der Waals surface area contributed by atoms with E-state index in [1.807, 2.05) is 51.2 Å². The summed E-state index contributed by atoms with van der Waals surface area (Å²) in [5.74, 6) is -0.679. The number of hydrogen-bond acceptors (Lipinski definition) is 4. The number of carbonyl (C=O) groups is 3. The first-order valence-corrected chi connectivity index (χ1v) is 10.6. The summed E-state index contributed by atoms with van der Waals surface area (Å²) < 4.78 is 1.83. The van der Waals surface area contributed by atoms with Crippen LogP contribution in [0.2, 0.25) is 0 Å². The molecule has 4 rings (SSSR count). The van der Waals surface area contributed by atoms with Crippen LogP contribution in [-0.4, -0.2) is 49.9 Å². The molecule has 0 spiro atoms. The number of rotatable bonds is 5. The zero-order valence-corrected chi connectivity index (χ0v) is 18.4. The van der Waals surface area contributed by atoms with Gasteiger partial charge in [-0.2, -0.15) is 5.10 Å². The van der Waals surface area contributed by atoms with Crippen molar-refractivity contribution in [2.75, 3.05) is 6.54 Å². The fourth-order valence-corrected chi connectivity index (χ4v) is 5.30. The number of imide groups is 1. The summed E-state index contributed by atoms with van der Waals surface area (Å²) in [4.78, 5) is 42.7. The highest BCUT2D eigenvalue weighted by Gasteiger charge is 2.64. The van der Waals surface area contributed by atoms with Gasteiger partial charge in [0.05, 0.1) is 11.1 Å². The maximum Gasteiger partial charge on any atom is 0.243 e. The second-order valence-corrected chi connectivity index (χ2v) is 9.90. The zero-order chi connectivity index (χ0) is 21.3. The van der Waals surface area contributed by atoms with Crippen molar-refractivity contribution in [3.8, 4) is 0 Å². The Balaban J connectivity index is 1.56. The van der Waals surface area contributed by atoms with Crippen molar-refractivity contribution >= 4 is 17.7 Å². The highest BCUT2D eigenvalue weighted by atomic mass is 16.2. The number of amides is 3. The van der Waals surface area contributed by atoms with Gasteiger partial charge in [-0.15, -0.1) is 0 Å². The lowest BCUT2D eigenvalue weighted by Crippen LogP contribution is -2.60. The van der Waals surface area contributed by atoms with Crippen molar-refractivity contribution in [1.29, 1.82) is 0 Å². The van der Waals surface area contributed by atoms with Crippen molar-refractivity contribution in [2.24, 2.45) is 23.8 Å². The Morgan fingerprint density at radius 3 is 2.38 bits per heavy atom. The van der Waals surface area contributed by atoms with Gasteiger partial charge in [0.1, 0.15) is 6.54 Å². The molecule has 1 saturated heterocycles. The third-order valence-electron chi connectivity index (χ3n) is 8.10. The average Bonchev–Trinajstić information content (AvgIpc) is 3.41. The minimum absolute atomic E-state index is 0.139. The lowest BCUT2D eigenvalue weighted by atomic mass is 9.62. The number of piperidine rings is 1. The quantitative estimate of drug-likeness (QED) is 0.711. The summed E-state index contributed by atoms with van der Waals surface area (Å²) in [7, 11) is 1.90. The van der Waals surface area contributed by atoms with Gasteiger partial charge in [0, 0.05) is 36.8 Å². The number of hydrogen-bond donors (Lipinski definition) is 0. The van der Waals surface area contributed by atoms with Crippen LogP contribution in [0.5, 0.6) is 0 Å². The Hall–Kier alpha value is -2.18. The summed E-state index contributed by atoms with van der Waals surface area (Å²) >= 11 is 0. The van der Waals surface area contributed by atoms with Crippen LogP contribution in [0.25, 0.3) is 0 Å². The molecule has 0 radical (unpaired) electrons. The van der Waals surface area contributed by atoms with Crippen LogP contribution in [0.4, 0.5) is 0 Å². The SMILES string of the molecule is Cc1nn(C)c(C)c1CN(C(=O)CN1C(=O)[C@@H]2CC[C@](C)(C1=O)C2(C)C)C1CC1. The topological polar surface area (TPSA) is 75.5 Å². The molecule has 2 bridgehead atoms. The van der Waals surface area contributed by atoms with Crippen molar-refractivity contribution in [1.82, 2.24) is 19.6 Å². The largest absolute Gasteiger partial charge is 0.334 e. The van der Waals surface area contributed by atoms with E-state index in [0.717, 1.165) is 36.2 Å². The van der Waals surface area contributed by atoms with E-state index in [1.54, 1.807) is 0 Å². The highest BCUT2D eigenvalue weighted by Crippen LogP contribution is 2.60. The number of likely N-dealkylation sites (tertiary alicyclic amines) is 1. The summed E-state index contributed by atoms with van der Waals surface area (Å²) in [6.45, 7) is 10.3. The molecule has 7 heteroatoms. The number of aromatic nitrogens is 2. The third kappa shape index (κ3) is 2.84. The summed E-state index contributed by atoms with van der Waals surface area (Å²) in [6.07, 6.45) is 3.37. The number of carbonyl (C=O) groups excluding carboxylic acids is 3. The van der Waals surface area contributed by atoms with Gasteiger partial charge < -0.3 is 4.90 Å². The predicted molar refractivity (Wildman–Crippen MR) is 108 cm³/mol. The van der Waals surface area contributed by atoms with Crippen molar-refractivity contribution in [2.45, 2.75) is 72.9 Å². The van der Waals surface area contributed by atoms with Gasteiger partial charge in [-0.05, 0) is 44.9 Å². The lowest BCUT2D eigenvalue weighted by molar-refractivity contribution is -0.170. The molecule has 1 aromatic heterocycles. The van der Waals surface area contributed by atoms with Gasteiger partial charge in [0.25, 0.3) is 0 Å². The predicted octanol–water partition coefficient (Wildman–Crippen LogP) is 2.34. The maximum absolute atomic E-state index is 13.3. The van der Waals surface area contributed by atoms with Crippen LogP contribution in [-0.2, 0) is 28.0 Å². The molecule has 2 atom stereocenters. The Bertz CT molecular complexity index is 898. The van der Waals surface area contributed by atoms with Gasteiger partial charge in [0.15, 0.2) is 0 Å². The summed E-state index contributed by atoms with van der Waals surface area (Å²) in [5, 5.41) is 4.46. The molecule has 3 amide bonds. The second-order valence-electron chi connectivity index (χ2n) is 9.90. The van der Waals surface area contributed by atoms with E-state index in [2.05, 4.69) is 5.10 Å². The molecule has 2 heterocycles. The Morgan fingerprint density at radius 1 is 1.17 bits per heavy atom. The van der Waals surface area contributed by atoms with E-state index >= 15 is 0 Å². The Kier molecular flexibility index (Phi) is 4.44. The minimum Gasteiger partial charge on any atom is -0.334 e. The van der Waals surface area contributed by atoms with Gasteiger partial charge in [0.2, 0.25) is 17.7 Å².